The van der Waals surface area contributed by atoms with Gasteiger partial charge in [0.1, 0.15) is 0 Å². The van der Waals surface area contributed by atoms with Crippen molar-refractivity contribution in [2.75, 3.05) is 13.2 Å². The predicted molar refractivity (Wildman–Crippen MR) is 27.1 cm³/mol. The second kappa shape index (κ2) is 7.12. The summed E-state index contributed by atoms with van der Waals surface area (Å²) in [5.41, 5.74) is 0. The minimum atomic E-state index is -0.375. The Morgan fingerprint density at radius 3 is 1.62 bits per heavy atom. The van der Waals surface area contributed by atoms with Gasteiger partial charge in [-0.1, -0.05) is 0 Å². The smallest absolute Gasteiger partial charge is 0.292 e. The molecule has 0 atom stereocenters. The van der Waals surface area contributed by atoms with Crippen LogP contribution in [0, 0.1) is 0 Å². The van der Waals surface area contributed by atoms with Crippen LogP contribution in [0.5, 0.6) is 0 Å². The van der Waals surface area contributed by atoms with Crippen molar-refractivity contribution in [2.45, 2.75) is 0 Å². The Labute approximate surface area is 49.7 Å². The van der Waals surface area contributed by atoms with E-state index in [4.69, 9.17) is 0 Å². The molecule has 0 aromatic carbocycles. The van der Waals surface area contributed by atoms with Gasteiger partial charge in [-0.2, -0.15) is 0 Å². The zero-order chi connectivity index (χ0) is 6.24. The molecule has 0 aliphatic heterocycles. The van der Waals surface area contributed by atoms with Gasteiger partial charge >= 0.3 is 17.4 Å². The standard InChI is InChI=1S/C2H4O4P2/c3-7-5-1-2-6-8-4/h1-2H2. The Hall–Kier alpha value is 0.120. The van der Waals surface area contributed by atoms with E-state index >= 15 is 0 Å². The summed E-state index contributed by atoms with van der Waals surface area (Å²) in [4.78, 5) is 0. The molecule has 0 bridgehead atoms. The van der Waals surface area contributed by atoms with Crippen molar-refractivity contribution in [3.8, 4) is 0 Å². The normalized spacial score (nSPS) is 10.5. The van der Waals surface area contributed by atoms with E-state index in [0.29, 0.717) is 0 Å². The maximum absolute atomic E-state index is 9.51. The summed E-state index contributed by atoms with van der Waals surface area (Å²) in [5, 5.41) is 0. The van der Waals surface area contributed by atoms with E-state index < -0.39 is 0 Å². The van der Waals surface area contributed by atoms with E-state index in [9.17, 15) is 9.13 Å². The summed E-state index contributed by atoms with van der Waals surface area (Å²) in [5.74, 6) is 0. The average molecular weight is 154 g/mol. The van der Waals surface area contributed by atoms with Crippen molar-refractivity contribution in [2.24, 2.45) is 0 Å². The molecule has 0 aromatic rings. The fraction of sp³-hybridized carbons (Fsp3) is 1.00. The van der Waals surface area contributed by atoms with Gasteiger partial charge in [0.2, 0.25) is 0 Å². The fourth-order valence-corrected chi connectivity index (χ4v) is 0.447. The molecule has 0 rings (SSSR count). The topological polar surface area (TPSA) is 52.6 Å². The molecule has 0 N–H and O–H groups in total. The lowest BCUT2D eigenvalue weighted by Crippen LogP contribution is -1.90. The van der Waals surface area contributed by atoms with Crippen molar-refractivity contribution in [3.63, 3.8) is 0 Å². The monoisotopic (exact) mass is 154 g/mol. The molecule has 0 fully saturated rings. The Bertz CT molecular complexity index is 64.4. The van der Waals surface area contributed by atoms with Gasteiger partial charge in [0.15, 0.2) is 0 Å². The highest BCUT2D eigenvalue weighted by Gasteiger charge is 1.84. The van der Waals surface area contributed by atoms with Gasteiger partial charge < -0.3 is 0 Å². The first-order chi connectivity index (χ1) is 3.91. The second-order valence-corrected chi connectivity index (χ2v) is 1.63. The maximum atomic E-state index is 9.51. The van der Waals surface area contributed by atoms with Crippen molar-refractivity contribution in [3.05, 3.63) is 0 Å². The zero-order valence-electron chi connectivity index (χ0n) is 3.94. The first-order valence-electron chi connectivity index (χ1n) is 1.81. The quantitative estimate of drug-likeness (QED) is 0.444. The van der Waals surface area contributed by atoms with Crippen LogP contribution in [0.4, 0.5) is 0 Å². The highest BCUT2D eigenvalue weighted by molar-refractivity contribution is 7.17. The van der Waals surface area contributed by atoms with Crippen LogP contribution in [-0.4, -0.2) is 13.2 Å². The van der Waals surface area contributed by atoms with Crippen LogP contribution in [0.3, 0.4) is 0 Å². The third kappa shape index (κ3) is 6.12. The second-order valence-electron chi connectivity index (χ2n) is 0.816. The van der Waals surface area contributed by atoms with Crippen LogP contribution < -0.4 is 0 Å². The molecule has 0 aromatic heterocycles. The SMILES string of the molecule is O=POCCOP=O. The lowest BCUT2D eigenvalue weighted by Gasteiger charge is -1.87. The van der Waals surface area contributed by atoms with Crippen molar-refractivity contribution in [1.29, 1.82) is 0 Å². The van der Waals surface area contributed by atoms with Gasteiger partial charge in [-0.05, 0) is 0 Å². The van der Waals surface area contributed by atoms with E-state index in [1.807, 2.05) is 0 Å². The van der Waals surface area contributed by atoms with Crippen molar-refractivity contribution in [1.82, 2.24) is 0 Å². The van der Waals surface area contributed by atoms with Crippen LogP contribution in [0.2, 0.25) is 0 Å². The molecular weight excluding hydrogens is 150 g/mol. The molecule has 0 saturated heterocycles. The molecule has 6 heteroatoms. The van der Waals surface area contributed by atoms with Gasteiger partial charge in [-0.3, -0.25) is 9.05 Å². The molecule has 4 nitrogen and oxygen atoms in total. The van der Waals surface area contributed by atoms with E-state index in [-0.39, 0.29) is 30.6 Å². The Balaban J connectivity index is 2.71. The van der Waals surface area contributed by atoms with E-state index in [2.05, 4.69) is 9.05 Å². The van der Waals surface area contributed by atoms with E-state index in [0.717, 1.165) is 0 Å². The number of rotatable bonds is 5. The van der Waals surface area contributed by atoms with Gasteiger partial charge in [-0.25, -0.2) is 9.13 Å². The van der Waals surface area contributed by atoms with Crippen molar-refractivity contribution >= 4 is 17.4 Å². The molecule has 0 amide bonds. The highest BCUT2D eigenvalue weighted by Crippen LogP contribution is 1.96. The van der Waals surface area contributed by atoms with Gasteiger partial charge in [0.25, 0.3) is 0 Å². The first kappa shape index (κ1) is 8.12. The molecule has 0 saturated carbocycles. The molecule has 0 heterocycles. The fourth-order valence-electron chi connectivity index (χ4n) is 0.149. The molecule has 0 unspecified atom stereocenters. The zero-order valence-corrected chi connectivity index (χ0v) is 5.73. The van der Waals surface area contributed by atoms with Crippen LogP contribution in [0.15, 0.2) is 0 Å². The highest BCUT2D eigenvalue weighted by atomic mass is 31.1. The van der Waals surface area contributed by atoms with Gasteiger partial charge in [0.05, 0.1) is 13.2 Å². The minimum absolute atomic E-state index is 0.195. The van der Waals surface area contributed by atoms with Crippen LogP contribution in [-0.2, 0) is 18.2 Å². The average Bonchev–Trinajstić information content (AvgIpc) is 1.81. The third-order valence-corrected chi connectivity index (χ3v) is 0.947. The molecule has 0 spiro atoms. The Morgan fingerprint density at radius 2 is 1.38 bits per heavy atom. The molecular formula is C2H4O4P2. The Morgan fingerprint density at radius 1 is 1.00 bits per heavy atom. The molecule has 0 aliphatic carbocycles. The molecule has 0 aliphatic rings. The van der Waals surface area contributed by atoms with Crippen LogP contribution in [0.1, 0.15) is 0 Å². The first-order valence-corrected chi connectivity index (χ1v) is 3.27. The van der Waals surface area contributed by atoms with E-state index in [1.54, 1.807) is 0 Å². The predicted octanol–water partition coefficient (Wildman–Crippen LogP) is 1.43. The van der Waals surface area contributed by atoms with Gasteiger partial charge in [-0.15, -0.1) is 0 Å². The molecule has 0 radical (unpaired) electrons. The summed E-state index contributed by atoms with van der Waals surface area (Å²) < 4.78 is 27.6. The summed E-state index contributed by atoms with van der Waals surface area (Å²) in [6.45, 7) is 0.389. The van der Waals surface area contributed by atoms with E-state index in [1.165, 1.54) is 0 Å². The van der Waals surface area contributed by atoms with Crippen LogP contribution in [0.25, 0.3) is 0 Å². The summed E-state index contributed by atoms with van der Waals surface area (Å²) in [6.07, 6.45) is 0. The lowest BCUT2D eigenvalue weighted by atomic mass is 10.8. The number of hydrogen-bond donors (Lipinski definition) is 0. The molecule has 8 heavy (non-hydrogen) atoms. The third-order valence-electron chi connectivity index (χ3n) is 0.371. The maximum Gasteiger partial charge on any atom is 0.327 e. The largest absolute Gasteiger partial charge is 0.327 e. The lowest BCUT2D eigenvalue weighted by molar-refractivity contribution is 0.243. The number of hydrogen-bond acceptors (Lipinski definition) is 4. The van der Waals surface area contributed by atoms with Crippen molar-refractivity contribution < 1.29 is 18.2 Å². The summed E-state index contributed by atoms with van der Waals surface area (Å²) in [7, 11) is -0.749. The summed E-state index contributed by atoms with van der Waals surface area (Å²) >= 11 is 0. The van der Waals surface area contributed by atoms with Gasteiger partial charge in [0, 0.05) is 0 Å². The van der Waals surface area contributed by atoms with Crippen LogP contribution >= 0.6 is 17.4 Å². The summed E-state index contributed by atoms with van der Waals surface area (Å²) in [6, 6.07) is 0. The molecule has 46 valence electrons. The minimum Gasteiger partial charge on any atom is -0.292 e. The Kier molecular flexibility index (Phi) is 7.23.